The molecule has 3 aliphatic heterocycles. The van der Waals surface area contributed by atoms with Gasteiger partial charge in [-0.2, -0.15) is 0 Å². The fourth-order valence-corrected chi connectivity index (χ4v) is 4.68. The Hall–Kier alpha value is -2.37. The molecule has 3 aliphatic rings. The van der Waals surface area contributed by atoms with Crippen molar-refractivity contribution in [3.05, 3.63) is 23.8 Å². The van der Waals surface area contributed by atoms with Gasteiger partial charge in [0.05, 0.1) is 5.92 Å². The number of hydrogen-bond acceptors (Lipinski definition) is 3. The molecule has 0 N–H and O–H groups in total. The second-order valence-electron chi connectivity index (χ2n) is 8.11. The summed E-state index contributed by atoms with van der Waals surface area (Å²) in [5.74, 6) is 0.0510. The zero-order valence-electron chi connectivity index (χ0n) is 16.7. The zero-order valence-corrected chi connectivity index (χ0v) is 16.7. The topological polar surface area (TPSA) is 60.9 Å². The number of rotatable bonds is 3. The van der Waals surface area contributed by atoms with E-state index in [1.54, 1.807) is 4.90 Å². The van der Waals surface area contributed by atoms with E-state index < -0.39 is 0 Å². The first-order chi connectivity index (χ1) is 13.6. The van der Waals surface area contributed by atoms with Gasteiger partial charge < -0.3 is 14.7 Å². The van der Waals surface area contributed by atoms with Gasteiger partial charge in [-0.15, -0.1) is 0 Å². The minimum Gasteiger partial charge on any atom is -0.342 e. The first kappa shape index (κ1) is 19.0. The van der Waals surface area contributed by atoms with Gasteiger partial charge in [-0.05, 0) is 43.0 Å². The predicted octanol–water partition coefficient (Wildman–Crippen LogP) is 2.74. The highest BCUT2D eigenvalue weighted by Crippen LogP contribution is 2.34. The van der Waals surface area contributed by atoms with Crippen molar-refractivity contribution >= 4 is 29.1 Å². The minimum atomic E-state index is -0.239. The van der Waals surface area contributed by atoms with Gasteiger partial charge in [0.15, 0.2) is 0 Å². The summed E-state index contributed by atoms with van der Waals surface area (Å²) in [6.45, 7) is 4.69. The molecule has 1 aromatic carbocycles. The van der Waals surface area contributed by atoms with Gasteiger partial charge in [0.1, 0.15) is 0 Å². The monoisotopic (exact) mass is 383 g/mol. The molecule has 6 heteroatoms. The molecule has 0 saturated carbocycles. The molecule has 0 aliphatic carbocycles. The molecule has 0 aromatic heterocycles. The van der Waals surface area contributed by atoms with Crippen molar-refractivity contribution in [2.45, 2.75) is 51.9 Å². The Bertz CT molecular complexity index is 783. The molecule has 0 bridgehead atoms. The van der Waals surface area contributed by atoms with Crippen molar-refractivity contribution in [3.63, 3.8) is 0 Å². The third kappa shape index (κ3) is 3.52. The zero-order chi connectivity index (χ0) is 19.7. The molecule has 1 atom stereocenters. The van der Waals surface area contributed by atoms with E-state index in [2.05, 4.69) is 0 Å². The van der Waals surface area contributed by atoms with Crippen LogP contribution in [-0.2, 0) is 20.8 Å². The lowest BCUT2D eigenvalue weighted by atomic mass is 10.1. The molecule has 2 fully saturated rings. The van der Waals surface area contributed by atoms with Crippen LogP contribution in [0.1, 0.15) is 51.0 Å². The fourth-order valence-electron chi connectivity index (χ4n) is 4.68. The fraction of sp³-hybridized carbons (Fsp3) is 0.591. The third-order valence-corrected chi connectivity index (χ3v) is 6.27. The largest absolute Gasteiger partial charge is 0.342 e. The van der Waals surface area contributed by atoms with Gasteiger partial charge >= 0.3 is 0 Å². The van der Waals surface area contributed by atoms with Crippen LogP contribution >= 0.6 is 0 Å². The van der Waals surface area contributed by atoms with Gasteiger partial charge in [0.2, 0.25) is 17.7 Å². The van der Waals surface area contributed by atoms with Crippen molar-refractivity contribution in [3.8, 4) is 0 Å². The van der Waals surface area contributed by atoms with E-state index in [1.165, 1.54) is 12.8 Å². The second-order valence-corrected chi connectivity index (χ2v) is 8.11. The highest BCUT2D eigenvalue weighted by molar-refractivity contribution is 6.01. The predicted molar refractivity (Wildman–Crippen MR) is 108 cm³/mol. The van der Waals surface area contributed by atoms with E-state index >= 15 is 0 Å². The van der Waals surface area contributed by atoms with Crippen LogP contribution in [0.15, 0.2) is 18.2 Å². The normalized spacial score (nSPS) is 22.4. The van der Waals surface area contributed by atoms with Crippen LogP contribution in [0.5, 0.6) is 0 Å². The first-order valence-corrected chi connectivity index (χ1v) is 10.6. The minimum absolute atomic E-state index is 0.0209. The van der Waals surface area contributed by atoms with Gasteiger partial charge in [0, 0.05) is 50.4 Å². The number of hydrogen-bond donors (Lipinski definition) is 0. The van der Waals surface area contributed by atoms with E-state index in [0.717, 1.165) is 49.3 Å². The average Bonchev–Trinajstić information content (AvgIpc) is 3.19. The molecule has 1 aromatic rings. The van der Waals surface area contributed by atoms with E-state index in [0.29, 0.717) is 25.9 Å². The van der Waals surface area contributed by atoms with Crippen LogP contribution in [0.2, 0.25) is 0 Å². The Morgan fingerprint density at radius 2 is 1.82 bits per heavy atom. The van der Waals surface area contributed by atoms with E-state index in [1.807, 2.05) is 34.9 Å². The summed E-state index contributed by atoms with van der Waals surface area (Å²) in [5.41, 5.74) is 2.91. The second kappa shape index (κ2) is 7.94. The van der Waals surface area contributed by atoms with Crippen LogP contribution in [0.25, 0.3) is 0 Å². The maximum absolute atomic E-state index is 12.9. The summed E-state index contributed by atoms with van der Waals surface area (Å²) < 4.78 is 0. The molecule has 0 spiro atoms. The number of carbonyl (C=O) groups excluding carboxylic acids is 3. The maximum atomic E-state index is 12.9. The number of benzene rings is 1. The van der Waals surface area contributed by atoms with Crippen LogP contribution < -0.4 is 9.80 Å². The number of likely N-dealkylation sites (tertiary alicyclic amines) is 1. The molecule has 0 radical (unpaired) electrons. The lowest BCUT2D eigenvalue weighted by Crippen LogP contribution is -2.38. The first-order valence-electron chi connectivity index (χ1n) is 10.6. The van der Waals surface area contributed by atoms with E-state index in [4.69, 9.17) is 0 Å². The average molecular weight is 383 g/mol. The number of anilines is 2. The molecule has 150 valence electrons. The molecule has 0 unspecified atom stereocenters. The SMILES string of the molecule is CCC(=O)N1CCc2cc(N3C[C@H](C(=O)N4CCCCCC4)CC3=O)ccc21. The van der Waals surface area contributed by atoms with Crippen molar-refractivity contribution < 1.29 is 14.4 Å². The van der Waals surface area contributed by atoms with Crippen molar-refractivity contribution in [2.24, 2.45) is 5.92 Å². The molecule has 3 heterocycles. The Balaban J connectivity index is 1.47. The molecular formula is C22H29N3O3. The summed E-state index contributed by atoms with van der Waals surface area (Å²) in [5, 5.41) is 0. The van der Waals surface area contributed by atoms with Crippen LogP contribution in [0.3, 0.4) is 0 Å². The van der Waals surface area contributed by atoms with Gasteiger partial charge in [0.25, 0.3) is 0 Å². The Morgan fingerprint density at radius 3 is 2.54 bits per heavy atom. The molecule has 6 nitrogen and oxygen atoms in total. The highest BCUT2D eigenvalue weighted by atomic mass is 16.2. The summed E-state index contributed by atoms with van der Waals surface area (Å²) in [6.07, 6.45) is 6.10. The Morgan fingerprint density at radius 1 is 1.07 bits per heavy atom. The van der Waals surface area contributed by atoms with Crippen LogP contribution in [0, 0.1) is 5.92 Å². The Kier molecular flexibility index (Phi) is 5.38. The van der Waals surface area contributed by atoms with E-state index in [-0.39, 0.29) is 23.6 Å². The van der Waals surface area contributed by atoms with Crippen molar-refractivity contribution in [2.75, 3.05) is 36.0 Å². The third-order valence-electron chi connectivity index (χ3n) is 6.27. The molecule has 4 rings (SSSR count). The van der Waals surface area contributed by atoms with Crippen LogP contribution in [0.4, 0.5) is 11.4 Å². The number of carbonyl (C=O) groups is 3. The molecule has 2 saturated heterocycles. The van der Waals surface area contributed by atoms with Crippen molar-refractivity contribution in [1.29, 1.82) is 0 Å². The number of fused-ring (bicyclic) bond motifs is 1. The van der Waals surface area contributed by atoms with Crippen molar-refractivity contribution in [1.82, 2.24) is 4.90 Å². The van der Waals surface area contributed by atoms with E-state index in [9.17, 15) is 14.4 Å². The van der Waals surface area contributed by atoms with Gasteiger partial charge in [-0.25, -0.2) is 0 Å². The van der Waals surface area contributed by atoms with Gasteiger partial charge in [-0.3, -0.25) is 14.4 Å². The van der Waals surface area contributed by atoms with Gasteiger partial charge in [-0.1, -0.05) is 19.8 Å². The standard InChI is InChI=1S/C22H29N3O3/c1-2-20(26)24-12-9-16-13-18(7-8-19(16)24)25-15-17(14-21(25)27)22(28)23-10-5-3-4-6-11-23/h7-8,13,17H,2-6,9-12,14-15H2,1H3/t17-/m1/s1. The highest BCUT2D eigenvalue weighted by Gasteiger charge is 2.37. The quantitative estimate of drug-likeness (QED) is 0.806. The summed E-state index contributed by atoms with van der Waals surface area (Å²) in [6, 6.07) is 5.88. The molecular weight excluding hydrogens is 354 g/mol. The number of nitrogens with zero attached hydrogens (tertiary/aromatic N) is 3. The lowest BCUT2D eigenvalue weighted by Gasteiger charge is -2.24. The molecule has 28 heavy (non-hydrogen) atoms. The molecule has 3 amide bonds. The lowest BCUT2D eigenvalue weighted by molar-refractivity contribution is -0.135. The summed E-state index contributed by atoms with van der Waals surface area (Å²) in [4.78, 5) is 43.2. The summed E-state index contributed by atoms with van der Waals surface area (Å²) >= 11 is 0. The summed E-state index contributed by atoms with van der Waals surface area (Å²) in [7, 11) is 0. The number of amides is 3. The van der Waals surface area contributed by atoms with Crippen LogP contribution in [-0.4, -0.2) is 48.8 Å². The Labute approximate surface area is 166 Å². The maximum Gasteiger partial charge on any atom is 0.228 e. The smallest absolute Gasteiger partial charge is 0.228 e.